The minimum atomic E-state index is -4.37. The van der Waals surface area contributed by atoms with E-state index in [0.29, 0.717) is 29.3 Å². The van der Waals surface area contributed by atoms with Crippen LogP contribution in [0.4, 0.5) is 13.2 Å². The molecule has 34 heavy (non-hydrogen) atoms. The second kappa shape index (κ2) is 11.0. The smallest absolute Gasteiger partial charge is 0.416 e. The number of aromatic nitrogens is 1. The first-order chi connectivity index (χ1) is 16.1. The van der Waals surface area contributed by atoms with Gasteiger partial charge in [-0.25, -0.2) is 9.78 Å². The van der Waals surface area contributed by atoms with Gasteiger partial charge >= 0.3 is 12.1 Å². The van der Waals surface area contributed by atoms with Gasteiger partial charge in [-0.1, -0.05) is 25.1 Å². The van der Waals surface area contributed by atoms with Crippen LogP contribution in [0, 0.1) is 6.92 Å². The van der Waals surface area contributed by atoms with Gasteiger partial charge in [0.1, 0.15) is 17.4 Å². The van der Waals surface area contributed by atoms with E-state index >= 15 is 0 Å². The predicted molar refractivity (Wildman–Crippen MR) is 124 cm³/mol. The lowest BCUT2D eigenvalue weighted by Gasteiger charge is -2.16. The van der Waals surface area contributed by atoms with Crippen molar-refractivity contribution in [3.8, 4) is 16.3 Å². The molecule has 1 atom stereocenters. The van der Waals surface area contributed by atoms with Gasteiger partial charge in [-0.05, 0) is 55.7 Å². The fraction of sp³-hybridized carbons (Fsp3) is 0.360. The Morgan fingerprint density at radius 3 is 2.41 bits per heavy atom. The Labute approximate surface area is 200 Å². The summed E-state index contributed by atoms with van der Waals surface area (Å²) in [4.78, 5) is 16.8. The molecule has 3 rings (SSSR count). The predicted octanol–water partition coefficient (Wildman–Crippen LogP) is 6.31. The number of thiazole rings is 1. The molecule has 0 aliphatic heterocycles. The number of aryl methyl sites for hydroxylation is 2. The van der Waals surface area contributed by atoms with E-state index in [2.05, 4.69) is 4.98 Å². The van der Waals surface area contributed by atoms with Crippen molar-refractivity contribution in [1.82, 2.24) is 4.98 Å². The van der Waals surface area contributed by atoms with Crippen LogP contribution in [-0.2, 0) is 35.2 Å². The normalized spacial score (nSPS) is 12.5. The van der Waals surface area contributed by atoms with Gasteiger partial charge in [-0.2, -0.15) is 13.2 Å². The lowest BCUT2D eigenvalue weighted by atomic mass is 9.99. The number of alkyl halides is 3. The standard InChI is InChI=1S/C25H26F3NO4S/c1-4-16-12-20(11-8-18(16)13-21(24(30)31)32-5-2)33-14-22-15(3)29-23(34-22)17-6-9-19(10-7-17)25(26,27)28/h6-12,21H,4-5,13-14H2,1-3H3,(H,30,31). The molecule has 0 spiro atoms. The Morgan fingerprint density at radius 1 is 1.12 bits per heavy atom. The van der Waals surface area contributed by atoms with E-state index in [1.54, 1.807) is 13.0 Å². The first-order valence-corrected chi connectivity index (χ1v) is 11.7. The molecule has 1 aromatic heterocycles. The van der Waals surface area contributed by atoms with Crippen LogP contribution in [0.1, 0.15) is 41.1 Å². The van der Waals surface area contributed by atoms with Crippen LogP contribution in [0.15, 0.2) is 42.5 Å². The van der Waals surface area contributed by atoms with E-state index in [9.17, 15) is 23.1 Å². The van der Waals surface area contributed by atoms with E-state index in [4.69, 9.17) is 9.47 Å². The zero-order valence-electron chi connectivity index (χ0n) is 19.1. The molecule has 3 aromatic rings. The molecule has 2 aromatic carbocycles. The van der Waals surface area contributed by atoms with Crippen molar-refractivity contribution in [2.45, 2.75) is 52.5 Å². The van der Waals surface area contributed by atoms with E-state index in [-0.39, 0.29) is 13.0 Å². The SMILES string of the molecule is CCOC(Cc1ccc(OCc2sc(-c3ccc(C(F)(F)F)cc3)nc2C)cc1CC)C(=O)O. The number of hydrogen-bond donors (Lipinski definition) is 1. The summed E-state index contributed by atoms with van der Waals surface area (Å²) in [6.07, 6.45) is -4.29. The lowest BCUT2D eigenvalue weighted by molar-refractivity contribution is -0.150. The maximum Gasteiger partial charge on any atom is 0.416 e. The summed E-state index contributed by atoms with van der Waals surface area (Å²) >= 11 is 1.38. The molecule has 0 aliphatic carbocycles. The number of rotatable bonds is 10. The molecular formula is C25H26F3NO4S. The van der Waals surface area contributed by atoms with Gasteiger partial charge in [0.05, 0.1) is 16.1 Å². The maximum absolute atomic E-state index is 12.8. The number of aliphatic carboxylic acids is 1. The van der Waals surface area contributed by atoms with Gasteiger partial charge in [0.25, 0.3) is 0 Å². The van der Waals surface area contributed by atoms with Crippen molar-refractivity contribution in [3.63, 3.8) is 0 Å². The number of carboxylic acids is 1. The third-order valence-electron chi connectivity index (χ3n) is 5.33. The average Bonchev–Trinajstić information content (AvgIpc) is 3.17. The molecule has 0 saturated heterocycles. The molecule has 182 valence electrons. The molecule has 1 N–H and O–H groups in total. The van der Waals surface area contributed by atoms with Crippen LogP contribution < -0.4 is 4.74 Å². The average molecular weight is 494 g/mol. The van der Waals surface area contributed by atoms with E-state index in [1.807, 2.05) is 26.0 Å². The molecule has 1 heterocycles. The molecule has 1 unspecified atom stereocenters. The van der Waals surface area contributed by atoms with Gasteiger partial charge in [-0.15, -0.1) is 11.3 Å². The summed E-state index contributed by atoms with van der Waals surface area (Å²) in [6.45, 7) is 6.18. The van der Waals surface area contributed by atoms with Crippen LogP contribution >= 0.6 is 11.3 Å². The van der Waals surface area contributed by atoms with Crippen molar-refractivity contribution in [1.29, 1.82) is 0 Å². The Kier molecular flexibility index (Phi) is 8.33. The van der Waals surface area contributed by atoms with Crippen molar-refractivity contribution < 1.29 is 32.5 Å². The van der Waals surface area contributed by atoms with Gasteiger partial charge in [0, 0.05) is 18.6 Å². The van der Waals surface area contributed by atoms with Crippen LogP contribution in [0.5, 0.6) is 5.75 Å². The number of ether oxygens (including phenoxy) is 2. The van der Waals surface area contributed by atoms with E-state index in [0.717, 1.165) is 33.8 Å². The Bertz CT molecular complexity index is 1130. The van der Waals surface area contributed by atoms with Crippen LogP contribution in [0.25, 0.3) is 10.6 Å². The highest BCUT2D eigenvalue weighted by Gasteiger charge is 2.30. The van der Waals surface area contributed by atoms with Crippen LogP contribution in [-0.4, -0.2) is 28.8 Å². The second-order valence-electron chi connectivity index (χ2n) is 7.66. The number of carbonyl (C=O) groups is 1. The van der Waals surface area contributed by atoms with Gasteiger partial charge < -0.3 is 14.6 Å². The van der Waals surface area contributed by atoms with Crippen LogP contribution in [0.2, 0.25) is 0 Å². The van der Waals surface area contributed by atoms with Crippen LogP contribution in [0.3, 0.4) is 0 Å². The molecule has 0 aliphatic rings. The largest absolute Gasteiger partial charge is 0.488 e. The summed E-state index contributed by atoms with van der Waals surface area (Å²) in [7, 11) is 0. The molecule has 0 radical (unpaired) electrons. The lowest BCUT2D eigenvalue weighted by Crippen LogP contribution is -2.26. The summed E-state index contributed by atoms with van der Waals surface area (Å²) in [5.41, 5.74) is 2.56. The number of nitrogens with zero attached hydrogens (tertiary/aromatic N) is 1. The first kappa shape index (κ1) is 25.7. The van der Waals surface area contributed by atoms with Gasteiger partial charge in [0.2, 0.25) is 0 Å². The highest BCUT2D eigenvalue weighted by Crippen LogP contribution is 2.33. The van der Waals surface area contributed by atoms with Crippen molar-refractivity contribution in [2.75, 3.05) is 6.61 Å². The Morgan fingerprint density at radius 2 is 1.82 bits per heavy atom. The molecular weight excluding hydrogens is 467 g/mol. The number of halogens is 3. The first-order valence-electron chi connectivity index (χ1n) is 10.8. The quantitative estimate of drug-likeness (QED) is 0.358. The summed E-state index contributed by atoms with van der Waals surface area (Å²) < 4.78 is 49.7. The molecule has 0 fully saturated rings. The molecule has 0 amide bonds. The van der Waals surface area contributed by atoms with Gasteiger partial charge in [-0.3, -0.25) is 0 Å². The summed E-state index contributed by atoms with van der Waals surface area (Å²) in [6, 6.07) is 10.5. The highest BCUT2D eigenvalue weighted by molar-refractivity contribution is 7.15. The fourth-order valence-electron chi connectivity index (χ4n) is 3.47. The fourth-order valence-corrected chi connectivity index (χ4v) is 4.46. The van der Waals surface area contributed by atoms with Gasteiger partial charge in [0.15, 0.2) is 6.10 Å². The van der Waals surface area contributed by atoms with Crippen molar-refractivity contribution >= 4 is 17.3 Å². The Hall–Kier alpha value is -2.91. The minimum Gasteiger partial charge on any atom is -0.488 e. The topological polar surface area (TPSA) is 68.7 Å². The van der Waals surface area contributed by atoms with E-state index in [1.165, 1.54) is 23.5 Å². The zero-order valence-corrected chi connectivity index (χ0v) is 19.9. The number of carboxylic acid groups (broad SMARTS) is 1. The summed E-state index contributed by atoms with van der Waals surface area (Å²) in [5.74, 6) is -0.346. The molecule has 5 nitrogen and oxygen atoms in total. The third kappa shape index (κ3) is 6.36. The maximum atomic E-state index is 12.8. The van der Waals surface area contributed by atoms with Crippen molar-refractivity contribution in [2.24, 2.45) is 0 Å². The highest BCUT2D eigenvalue weighted by atomic mass is 32.1. The summed E-state index contributed by atoms with van der Waals surface area (Å²) in [5, 5.41) is 9.98. The molecule has 0 saturated carbocycles. The molecule has 9 heteroatoms. The number of benzene rings is 2. The van der Waals surface area contributed by atoms with Crippen molar-refractivity contribution in [3.05, 3.63) is 69.7 Å². The zero-order chi connectivity index (χ0) is 24.9. The molecule has 0 bridgehead atoms. The monoisotopic (exact) mass is 493 g/mol. The second-order valence-corrected chi connectivity index (χ2v) is 8.75. The Balaban J connectivity index is 1.71. The number of hydrogen-bond acceptors (Lipinski definition) is 5. The third-order valence-corrected chi connectivity index (χ3v) is 6.51. The minimum absolute atomic E-state index is 0.267. The van der Waals surface area contributed by atoms with E-state index < -0.39 is 23.8 Å².